The highest BCUT2D eigenvalue weighted by molar-refractivity contribution is 9.10. The Morgan fingerprint density at radius 2 is 2.21 bits per heavy atom. The summed E-state index contributed by atoms with van der Waals surface area (Å²) in [5.74, 6) is 2.43. The fourth-order valence-corrected chi connectivity index (χ4v) is 3.61. The SMILES string of the molecule is CCn1cc(Br)cc1C(=O)NCCN1CCSCC1. The third kappa shape index (κ3) is 4.26. The second-order valence-electron chi connectivity index (χ2n) is 4.54. The maximum absolute atomic E-state index is 12.1. The molecule has 0 aliphatic carbocycles. The average molecular weight is 346 g/mol. The Bertz CT molecular complexity index is 430. The van der Waals surface area contributed by atoms with Crippen LogP contribution in [0.4, 0.5) is 0 Å². The number of amides is 1. The zero-order valence-electron chi connectivity index (χ0n) is 11.2. The number of rotatable bonds is 5. The van der Waals surface area contributed by atoms with Gasteiger partial charge in [0.15, 0.2) is 0 Å². The molecule has 2 rings (SSSR count). The van der Waals surface area contributed by atoms with Crippen molar-refractivity contribution in [2.24, 2.45) is 0 Å². The Kier molecular flexibility index (Phi) is 5.78. The van der Waals surface area contributed by atoms with Crippen LogP contribution in [0.5, 0.6) is 0 Å². The lowest BCUT2D eigenvalue weighted by atomic mass is 10.4. The summed E-state index contributed by atoms with van der Waals surface area (Å²) < 4.78 is 2.91. The van der Waals surface area contributed by atoms with E-state index in [1.807, 2.05) is 35.5 Å². The van der Waals surface area contributed by atoms with Gasteiger partial charge in [-0.1, -0.05) is 0 Å². The summed E-state index contributed by atoms with van der Waals surface area (Å²) >= 11 is 5.42. The number of aromatic nitrogens is 1. The Morgan fingerprint density at radius 1 is 1.47 bits per heavy atom. The van der Waals surface area contributed by atoms with Crippen molar-refractivity contribution in [3.63, 3.8) is 0 Å². The minimum atomic E-state index is 0.0129. The molecule has 0 unspecified atom stereocenters. The van der Waals surface area contributed by atoms with Gasteiger partial charge in [0.25, 0.3) is 5.91 Å². The summed E-state index contributed by atoms with van der Waals surface area (Å²) in [6.07, 6.45) is 1.94. The van der Waals surface area contributed by atoms with E-state index in [0.29, 0.717) is 0 Å². The Labute approximate surface area is 127 Å². The number of carbonyl (C=O) groups excluding carboxylic acids is 1. The minimum Gasteiger partial charge on any atom is -0.349 e. The average Bonchev–Trinajstić information content (AvgIpc) is 2.81. The van der Waals surface area contributed by atoms with Gasteiger partial charge in [0, 0.05) is 54.9 Å². The van der Waals surface area contributed by atoms with E-state index in [0.717, 1.165) is 42.9 Å². The fourth-order valence-electron chi connectivity index (χ4n) is 2.17. The van der Waals surface area contributed by atoms with E-state index in [4.69, 9.17) is 0 Å². The molecule has 106 valence electrons. The predicted octanol–water partition coefficient (Wildman–Crippen LogP) is 2.05. The van der Waals surface area contributed by atoms with Gasteiger partial charge in [-0.05, 0) is 28.9 Å². The zero-order valence-corrected chi connectivity index (χ0v) is 13.6. The first-order chi connectivity index (χ1) is 9.20. The largest absolute Gasteiger partial charge is 0.349 e. The molecule has 1 saturated heterocycles. The van der Waals surface area contributed by atoms with Crippen LogP contribution in [0.3, 0.4) is 0 Å². The van der Waals surface area contributed by atoms with Crippen molar-refractivity contribution >= 4 is 33.6 Å². The van der Waals surface area contributed by atoms with Gasteiger partial charge in [0.05, 0.1) is 0 Å². The van der Waals surface area contributed by atoms with Crippen LogP contribution in [0.25, 0.3) is 0 Å². The lowest BCUT2D eigenvalue weighted by molar-refractivity contribution is 0.0940. The van der Waals surface area contributed by atoms with E-state index >= 15 is 0 Å². The molecule has 19 heavy (non-hydrogen) atoms. The topological polar surface area (TPSA) is 37.3 Å². The third-order valence-corrected chi connectivity index (χ3v) is 4.63. The van der Waals surface area contributed by atoms with Crippen LogP contribution in [0.2, 0.25) is 0 Å². The third-order valence-electron chi connectivity index (χ3n) is 3.25. The van der Waals surface area contributed by atoms with Crippen LogP contribution in [0.15, 0.2) is 16.7 Å². The van der Waals surface area contributed by atoms with Gasteiger partial charge in [-0.15, -0.1) is 0 Å². The van der Waals surface area contributed by atoms with Gasteiger partial charge in [-0.25, -0.2) is 0 Å². The van der Waals surface area contributed by atoms with E-state index in [1.165, 1.54) is 11.5 Å². The molecule has 1 aliphatic rings. The van der Waals surface area contributed by atoms with E-state index in [-0.39, 0.29) is 5.91 Å². The van der Waals surface area contributed by atoms with Crippen LogP contribution in [-0.2, 0) is 6.54 Å². The zero-order chi connectivity index (χ0) is 13.7. The molecule has 0 saturated carbocycles. The molecule has 2 heterocycles. The number of nitrogens with zero attached hydrogens (tertiary/aromatic N) is 2. The summed E-state index contributed by atoms with van der Waals surface area (Å²) in [4.78, 5) is 14.5. The molecule has 0 bridgehead atoms. The quantitative estimate of drug-likeness (QED) is 0.887. The second kappa shape index (κ2) is 7.36. The van der Waals surface area contributed by atoms with Gasteiger partial charge in [-0.2, -0.15) is 11.8 Å². The molecule has 1 amide bonds. The molecule has 4 nitrogen and oxygen atoms in total. The van der Waals surface area contributed by atoms with Crippen molar-refractivity contribution in [1.29, 1.82) is 0 Å². The summed E-state index contributed by atoms with van der Waals surface area (Å²) in [5, 5.41) is 3.01. The molecule has 0 atom stereocenters. The second-order valence-corrected chi connectivity index (χ2v) is 6.68. The van der Waals surface area contributed by atoms with Crippen LogP contribution < -0.4 is 5.32 Å². The summed E-state index contributed by atoms with van der Waals surface area (Å²) in [5.41, 5.74) is 0.726. The van der Waals surface area contributed by atoms with Crippen LogP contribution in [0, 0.1) is 0 Å². The number of halogens is 1. The van der Waals surface area contributed by atoms with E-state index in [2.05, 4.69) is 26.1 Å². The van der Waals surface area contributed by atoms with Crippen molar-refractivity contribution in [3.8, 4) is 0 Å². The number of hydrogen-bond acceptors (Lipinski definition) is 3. The summed E-state index contributed by atoms with van der Waals surface area (Å²) in [6, 6.07) is 1.87. The number of thioether (sulfide) groups is 1. The van der Waals surface area contributed by atoms with Crippen molar-refractivity contribution in [1.82, 2.24) is 14.8 Å². The molecule has 0 radical (unpaired) electrons. The normalized spacial score (nSPS) is 16.5. The maximum Gasteiger partial charge on any atom is 0.267 e. The molecule has 1 aliphatic heterocycles. The van der Waals surface area contributed by atoms with E-state index in [1.54, 1.807) is 0 Å². The van der Waals surface area contributed by atoms with Gasteiger partial charge in [0.1, 0.15) is 5.69 Å². The number of aryl methyl sites for hydroxylation is 1. The van der Waals surface area contributed by atoms with Crippen molar-refractivity contribution in [2.75, 3.05) is 37.7 Å². The standard InChI is InChI=1S/C13H20BrN3OS/c1-2-17-10-11(14)9-12(17)13(18)15-3-4-16-5-7-19-8-6-16/h9-10H,2-8H2,1H3,(H,15,18). The summed E-state index contributed by atoms with van der Waals surface area (Å²) in [7, 11) is 0. The van der Waals surface area contributed by atoms with Crippen molar-refractivity contribution in [3.05, 3.63) is 22.4 Å². The van der Waals surface area contributed by atoms with Gasteiger partial charge in [0.2, 0.25) is 0 Å². The molecule has 1 aromatic rings. The highest BCUT2D eigenvalue weighted by Gasteiger charge is 2.13. The molecule has 1 aromatic heterocycles. The Hall–Kier alpha value is -0.460. The number of nitrogens with one attached hydrogen (secondary N) is 1. The smallest absolute Gasteiger partial charge is 0.267 e. The van der Waals surface area contributed by atoms with Crippen LogP contribution >= 0.6 is 27.7 Å². The molecule has 1 N–H and O–H groups in total. The van der Waals surface area contributed by atoms with E-state index in [9.17, 15) is 4.79 Å². The Balaban J connectivity index is 1.80. The molecule has 0 spiro atoms. The lowest BCUT2D eigenvalue weighted by Crippen LogP contribution is -2.39. The Morgan fingerprint density at radius 3 is 2.89 bits per heavy atom. The molecule has 6 heteroatoms. The van der Waals surface area contributed by atoms with E-state index < -0.39 is 0 Å². The summed E-state index contributed by atoms with van der Waals surface area (Å²) in [6.45, 7) is 6.78. The first kappa shape index (κ1) is 14.9. The van der Waals surface area contributed by atoms with Crippen LogP contribution in [0.1, 0.15) is 17.4 Å². The van der Waals surface area contributed by atoms with Gasteiger partial charge < -0.3 is 9.88 Å². The first-order valence-electron chi connectivity index (χ1n) is 6.64. The molecular weight excluding hydrogens is 326 g/mol. The van der Waals surface area contributed by atoms with Crippen molar-refractivity contribution < 1.29 is 4.79 Å². The van der Waals surface area contributed by atoms with Crippen molar-refractivity contribution in [2.45, 2.75) is 13.5 Å². The molecule has 1 fully saturated rings. The lowest BCUT2D eigenvalue weighted by Gasteiger charge is -2.26. The maximum atomic E-state index is 12.1. The molecule has 0 aromatic carbocycles. The van der Waals surface area contributed by atoms with Crippen LogP contribution in [-0.4, -0.2) is 53.1 Å². The monoisotopic (exact) mass is 345 g/mol. The fraction of sp³-hybridized carbons (Fsp3) is 0.615. The highest BCUT2D eigenvalue weighted by atomic mass is 79.9. The number of carbonyl (C=O) groups is 1. The first-order valence-corrected chi connectivity index (χ1v) is 8.59. The number of hydrogen-bond donors (Lipinski definition) is 1. The minimum absolute atomic E-state index is 0.0129. The highest BCUT2D eigenvalue weighted by Crippen LogP contribution is 2.14. The predicted molar refractivity (Wildman–Crippen MR) is 83.9 cm³/mol. The van der Waals surface area contributed by atoms with Gasteiger partial charge >= 0.3 is 0 Å². The van der Waals surface area contributed by atoms with Gasteiger partial charge in [-0.3, -0.25) is 9.69 Å². The molecular formula is C13H20BrN3OS.